The Kier molecular flexibility index (Phi) is 4.53. The monoisotopic (exact) mass is 355 g/mol. The van der Waals surface area contributed by atoms with Crippen LogP contribution in [-0.2, 0) is 4.79 Å². The van der Waals surface area contributed by atoms with E-state index in [-0.39, 0.29) is 17.7 Å². The Hall–Kier alpha value is -2.21. The third kappa shape index (κ3) is 3.58. The number of hydrogen-bond donors (Lipinski definition) is 1. The van der Waals surface area contributed by atoms with Gasteiger partial charge in [-0.25, -0.2) is 4.98 Å². The molecule has 0 bridgehead atoms. The minimum Gasteiger partial charge on any atom is -0.338 e. The molecule has 1 saturated carbocycles. The van der Waals surface area contributed by atoms with E-state index in [2.05, 4.69) is 16.4 Å². The summed E-state index contributed by atoms with van der Waals surface area (Å²) in [7, 11) is 0. The summed E-state index contributed by atoms with van der Waals surface area (Å²) in [6.07, 6.45) is 5.47. The fourth-order valence-corrected chi connectivity index (χ4v) is 4.31. The number of likely N-dealkylation sites (tertiary alicyclic amines) is 1. The minimum atomic E-state index is -0.0581. The lowest BCUT2D eigenvalue weighted by molar-refractivity contribution is -0.121. The zero-order valence-corrected chi connectivity index (χ0v) is 14.8. The van der Waals surface area contributed by atoms with Crippen molar-refractivity contribution >= 4 is 29.0 Å². The highest BCUT2D eigenvalue weighted by molar-refractivity contribution is 7.12. The Balaban J connectivity index is 1.34. The van der Waals surface area contributed by atoms with Crippen LogP contribution in [0.3, 0.4) is 0 Å². The second-order valence-electron chi connectivity index (χ2n) is 6.75. The average molecular weight is 355 g/mol. The average Bonchev–Trinajstić information content (AvgIpc) is 3.38. The largest absolute Gasteiger partial charge is 0.338 e. The van der Waals surface area contributed by atoms with Crippen molar-refractivity contribution in [2.75, 3.05) is 18.4 Å². The molecule has 2 aromatic heterocycles. The zero-order chi connectivity index (χ0) is 17.2. The van der Waals surface area contributed by atoms with Crippen molar-refractivity contribution in [3.8, 4) is 0 Å². The Labute approximate surface area is 151 Å². The van der Waals surface area contributed by atoms with E-state index in [1.165, 1.54) is 18.4 Å². The summed E-state index contributed by atoms with van der Waals surface area (Å²) in [6.45, 7) is 1.28. The van der Waals surface area contributed by atoms with Gasteiger partial charge >= 0.3 is 0 Å². The second-order valence-corrected chi connectivity index (χ2v) is 7.67. The number of anilines is 1. The van der Waals surface area contributed by atoms with E-state index < -0.39 is 0 Å². The number of amides is 2. The van der Waals surface area contributed by atoms with E-state index in [1.54, 1.807) is 23.6 Å². The predicted molar refractivity (Wildman–Crippen MR) is 97.8 cm³/mol. The van der Waals surface area contributed by atoms with E-state index in [4.69, 9.17) is 0 Å². The van der Waals surface area contributed by atoms with Gasteiger partial charge in [-0.15, -0.1) is 11.3 Å². The van der Waals surface area contributed by atoms with Gasteiger partial charge in [-0.05, 0) is 60.7 Å². The zero-order valence-electron chi connectivity index (χ0n) is 14.0. The summed E-state index contributed by atoms with van der Waals surface area (Å²) < 4.78 is 0. The maximum absolute atomic E-state index is 12.8. The number of thiophene rings is 1. The molecule has 130 valence electrons. The molecule has 4 rings (SSSR count). The van der Waals surface area contributed by atoms with E-state index in [1.807, 2.05) is 22.4 Å². The first kappa shape index (κ1) is 16.3. The lowest BCUT2D eigenvalue weighted by Crippen LogP contribution is -2.41. The molecule has 1 N–H and O–H groups in total. The highest BCUT2D eigenvalue weighted by Crippen LogP contribution is 2.43. The van der Waals surface area contributed by atoms with Crippen LogP contribution in [0.25, 0.3) is 0 Å². The van der Waals surface area contributed by atoms with E-state index in [0.717, 1.165) is 4.88 Å². The highest BCUT2D eigenvalue weighted by Gasteiger charge is 2.33. The van der Waals surface area contributed by atoms with Crippen LogP contribution in [0.15, 0.2) is 35.8 Å². The summed E-state index contributed by atoms with van der Waals surface area (Å²) in [6, 6.07) is 7.55. The topological polar surface area (TPSA) is 62.3 Å². The van der Waals surface area contributed by atoms with Crippen LogP contribution in [0, 0.1) is 5.92 Å². The molecule has 3 heterocycles. The molecule has 0 atom stereocenters. The summed E-state index contributed by atoms with van der Waals surface area (Å²) >= 11 is 1.55. The lowest BCUT2D eigenvalue weighted by atomic mass is 9.95. The molecule has 1 aliphatic carbocycles. The van der Waals surface area contributed by atoms with Crippen LogP contribution >= 0.6 is 11.3 Å². The van der Waals surface area contributed by atoms with Crippen LogP contribution in [0.2, 0.25) is 0 Å². The standard InChI is InChI=1S/C19H21N3O2S/c23-18(21-16-3-1-2-9-20-16)14-6-10-22(11-7-14)19(24)17-15(8-12-25-17)13-4-5-13/h1-3,8-9,12-14H,4-7,10-11H2,(H,20,21,23). The third-order valence-electron chi connectivity index (χ3n) is 4.98. The fourth-order valence-electron chi connectivity index (χ4n) is 3.36. The first-order valence-electron chi connectivity index (χ1n) is 8.81. The van der Waals surface area contributed by atoms with Gasteiger partial charge in [0.15, 0.2) is 0 Å². The van der Waals surface area contributed by atoms with Crippen LogP contribution in [0.5, 0.6) is 0 Å². The number of pyridine rings is 1. The number of carbonyl (C=O) groups excluding carboxylic acids is 2. The Morgan fingerprint density at radius 1 is 1.12 bits per heavy atom. The Morgan fingerprint density at radius 3 is 2.60 bits per heavy atom. The van der Waals surface area contributed by atoms with Crippen molar-refractivity contribution in [3.63, 3.8) is 0 Å². The van der Waals surface area contributed by atoms with Gasteiger partial charge in [0.25, 0.3) is 5.91 Å². The number of nitrogens with zero attached hydrogens (tertiary/aromatic N) is 2. The number of aromatic nitrogens is 1. The lowest BCUT2D eigenvalue weighted by Gasteiger charge is -2.31. The molecule has 0 unspecified atom stereocenters. The number of piperidine rings is 1. The molecule has 25 heavy (non-hydrogen) atoms. The van der Waals surface area contributed by atoms with Crippen molar-refractivity contribution in [2.45, 2.75) is 31.6 Å². The number of nitrogens with one attached hydrogen (secondary N) is 1. The number of carbonyl (C=O) groups is 2. The molecule has 5 nitrogen and oxygen atoms in total. The normalized spacial score (nSPS) is 18.2. The van der Waals surface area contributed by atoms with Gasteiger partial charge in [-0.1, -0.05) is 6.07 Å². The molecule has 2 aromatic rings. The quantitative estimate of drug-likeness (QED) is 0.913. The Morgan fingerprint density at radius 2 is 1.92 bits per heavy atom. The van der Waals surface area contributed by atoms with Crippen molar-refractivity contribution in [1.82, 2.24) is 9.88 Å². The minimum absolute atomic E-state index is 0.000548. The van der Waals surface area contributed by atoms with Gasteiger partial charge in [0.2, 0.25) is 5.91 Å². The highest BCUT2D eigenvalue weighted by atomic mass is 32.1. The second kappa shape index (κ2) is 6.96. The molecule has 0 spiro atoms. The first-order chi connectivity index (χ1) is 12.2. The van der Waals surface area contributed by atoms with E-state index in [9.17, 15) is 9.59 Å². The Bertz CT molecular complexity index is 762. The number of hydrogen-bond acceptors (Lipinski definition) is 4. The summed E-state index contributed by atoms with van der Waals surface area (Å²) in [5.74, 6) is 1.25. The van der Waals surface area contributed by atoms with Gasteiger partial charge in [0.05, 0.1) is 4.88 Å². The van der Waals surface area contributed by atoms with Gasteiger partial charge in [-0.2, -0.15) is 0 Å². The molecular weight excluding hydrogens is 334 g/mol. The van der Waals surface area contributed by atoms with E-state index >= 15 is 0 Å². The molecule has 6 heteroatoms. The molecule has 2 aliphatic rings. The number of rotatable bonds is 4. The van der Waals surface area contributed by atoms with Crippen molar-refractivity contribution in [3.05, 3.63) is 46.3 Å². The summed E-state index contributed by atoms with van der Waals surface area (Å²) in [4.78, 5) is 32.1. The van der Waals surface area contributed by atoms with Crippen molar-refractivity contribution < 1.29 is 9.59 Å². The molecule has 0 radical (unpaired) electrons. The van der Waals surface area contributed by atoms with Gasteiger partial charge in [-0.3, -0.25) is 9.59 Å². The van der Waals surface area contributed by atoms with Gasteiger partial charge < -0.3 is 10.2 Å². The van der Waals surface area contributed by atoms with Gasteiger partial charge in [0, 0.05) is 25.2 Å². The molecule has 2 fully saturated rings. The summed E-state index contributed by atoms with van der Waals surface area (Å²) in [5.41, 5.74) is 1.23. The summed E-state index contributed by atoms with van der Waals surface area (Å²) in [5, 5.41) is 4.89. The van der Waals surface area contributed by atoms with Gasteiger partial charge in [0.1, 0.15) is 5.82 Å². The maximum Gasteiger partial charge on any atom is 0.264 e. The van der Waals surface area contributed by atoms with Crippen LogP contribution in [-0.4, -0.2) is 34.8 Å². The van der Waals surface area contributed by atoms with Crippen LogP contribution < -0.4 is 5.32 Å². The third-order valence-corrected chi connectivity index (χ3v) is 5.89. The SMILES string of the molecule is O=C(Nc1ccccn1)C1CCN(C(=O)c2sccc2C2CC2)CC1. The molecule has 1 saturated heterocycles. The first-order valence-corrected chi connectivity index (χ1v) is 9.69. The van der Waals surface area contributed by atoms with E-state index in [0.29, 0.717) is 37.7 Å². The van der Waals surface area contributed by atoms with Crippen molar-refractivity contribution in [2.24, 2.45) is 5.92 Å². The smallest absolute Gasteiger partial charge is 0.264 e. The van der Waals surface area contributed by atoms with Crippen molar-refractivity contribution in [1.29, 1.82) is 0 Å². The molecule has 1 aliphatic heterocycles. The maximum atomic E-state index is 12.8. The van der Waals surface area contributed by atoms with Crippen LogP contribution in [0.1, 0.15) is 46.8 Å². The molecular formula is C19H21N3O2S. The predicted octanol–water partition coefficient (Wildman–Crippen LogP) is 3.51. The fraction of sp³-hybridized carbons (Fsp3) is 0.421. The van der Waals surface area contributed by atoms with Crippen LogP contribution in [0.4, 0.5) is 5.82 Å². The molecule has 0 aromatic carbocycles. The molecule has 2 amide bonds.